The molecule has 0 aromatic rings. The number of aliphatic carboxylic acids is 1. The molecule has 74 valence electrons. The summed E-state index contributed by atoms with van der Waals surface area (Å²) < 4.78 is 0. The normalized spacial score (nSPS) is 28.1. The zero-order valence-corrected chi connectivity index (χ0v) is 7.14. The molecule has 1 aliphatic carbocycles. The lowest BCUT2D eigenvalue weighted by Crippen LogP contribution is -2.37. The Kier molecular flexibility index (Phi) is 7.44. The zero-order chi connectivity index (χ0) is 7.56. The summed E-state index contributed by atoms with van der Waals surface area (Å²) in [6, 6.07) is -0.105. The van der Waals surface area contributed by atoms with Gasteiger partial charge in [0.15, 0.2) is 0 Å². The fourth-order valence-electron chi connectivity index (χ4n) is 1.47. The Morgan fingerprint density at radius 3 is 2.17 bits per heavy atom. The van der Waals surface area contributed by atoms with E-state index in [9.17, 15) is 4.79 Å². The van der Waals surface area contributed by atoms with Gasteiger partial charge in [0.1, 0.15) is 0 Å². The fraction of sp³-hybridized carbons (Fsp3) is 0.875. The summed E-state index contributed by atoms with van der Waals surface area (Å²) in [6.45, 7) is 0. The Hall–Kier alpha value is -0.280. The minimum atomic E-state index is -0.729. The van der Waals surface area contributed by atoms with Crippen molar-refractivity contribution in [3.8, 4) is 0 Å². The van der Waals surface area contributed by atoms with Crippen molar-refractivity contribution in [2.75, 3.05) is 0 Å². The van der Waals surface area contributed by atoms with E-state index in [1.807, 2.05) is 0 Å². The Labute approximate surface area is 79.7 Å². The van der Waals surface area contributed by atoms with Crippen molar-refractivity contribution in [2.24, 2.45) is 11.7 Å². The maximum absolute atomic E-state index is 10.5. The van der Waals surface area contributed by atoms with Gasteiger partial charge in [-0.2, -0.15) is 0 Å². The molecule has 0 aromatic carbocycles. The first-order chi connectivity index (χ1) is 4.72. The third-order valence-corrected chi connectivity index (χ3v) is 2.14. The van der Waals surface area contributed by atoms with Crippen molar-refractivity contribution in [1.82, 2.24) is 0 Å². The molecule has 0 aliphatic heterocycles. The molecule has 0 amide bonds. The number of carboxylic acid groups (broad SMARTS) is 1. The van der Waals surface area contributed by atoms with Gasteiger partial charge in [0, 0.05) is 6.04 Å². The van der Waals surface area contributed by atoms with Gasteiger partial charge in [0.25, 0.3) is 0 Å². The van der Waals surface area contributed by atoms with Crippen LogP contribution in [0.25, 0.3) is 0 Å². The van der Waals surface area contributed by atoms with Crippen LogP contribution in [0.15, 0.2) is 0 Å². The van der Waals surface area contributed by atoms with E-state index >= 15 is 0 Å². The highest BCUT2D eigenvalue weighted by Crippen LogP contribution is 2.22. The lowest BCUT2D eigenvalue weighted by atomic mass is 9.85. The van der Waals surface area contributed by atoms with Crippen molar-refractivity contribution in [2.45, 2.75) is 39.2 Å². The Balaban J connectivity index is 0. The molecule has 0 heterocycles. The van der Waals surface area contributed by atoms with E-state index < -0.39 is 5.97 Å². The molecule has 0 unspecified atom stereocenters. The standard InChI is InChI=1S/C7H13NO2.CH4.ClH/c8-6-4-2-1-3-5(6)7(9)10;;/h5-6H,1-4,8H2,(H,9,10);1H4;1H/t5-,6+;;/m0../s1. The van der Waals surface area contributed by atoms with Crippen molar-refractivity contribution in [1.29, 1.82) is 0 Å². The topological polar surface area (TPSA) is 63.3 Å². The van der Waals surface area contributed by atoms with E-state index in [0.29, 0.717) is 0 Å². The second kappa shape index (κ2) is 6.26. The molecular weight excluding hydrogens is 178 g/mol. The third-order valence-electron chi connectivity index (χ3n) is 2.14. The Bertz CT molecular complexity index is 141. The summed E-state index contributed by atoms with van der Waals surface area (Å²) in [5.74, 6) is -1.01. The van der Waals surface area contributed by atoms with E-state index in [0.717, 1.165) is 25.7 Å². The summed E-state index contributed by atoms with van der Waals surface area (Å²) >= 11 is 0. The Morgan fingerprint density at radius 2 is 1.83 bits per heavy atom. The molecule has 0 spiro atoms. The SMILES string of the molecule is C.Cl.N[C@@H]1CCCC[C@@H]1C(=O)O. The van der Waals surface area contributed by atoms with Gasteiger partial charge in [-0.25, -0.2) is 0 Å². The molecule has 0 aromatic heterocycles. The molecule has 1 saturated carbocycles. The van der Waals surface area contributed by atoms with E-state index in [4.69, 9.17) is 10.8 Å². The number of halogens is 1. The van der Waals surface area contributed by atoms with Crippen LogP contribution in [-0.2, 0) is 4.79 Å². The van der Waals surface area contributed by atoms with Crippen LogP contribution in [0.3, 0.4) is 0 Å². The van der Waals surface area contributed by atoms with E-state index in [1.54, 1.807) is 0 Å². The number of carbonyl (C=O) groups is 1. The second-order valence-corrected chi connectivity index (χ2v) is 2.89. The molecule has 12 heavy (non-hydrogen) atoms. The van der Waals surface area contributed by atoms with Crippen LogP contribution in [-0.4, -0.2) is 17.1 Å². The number of carboxylic acids is 1. The smallest absolute Gasteiger partial charge is 0.308 e. The molecular formula is C8H18ClNO2. The fourth-order valence-corrected chi connectivity index (χ4v) is 1.47. The van der Waals surface area contributed by atoms with Gasteiger partial charge >= 0.3 is 5.97 Å². The maximum atomic E-state index is 10.5. The minimum absolute atomic E-state index is 0. The third kappa shape index (κ3) is 3.41. The highest BCUT2D eigenvalue weighted by atomic mass is 35.5. The first-order valence-electron chi connectivity index (χ1n) is 3.70. The summed E-state index contributed by atoms with van der Waals surface area (Å²) in [4.78, 5) is 10.5. The minimum Gasteiger partial charge on any atom is -0.481 e. The quantitative estimate of drug-likeness (QED) is 0.669. The van der Waals surface area contributed by atoms with Gasteiger partial charge in [-0.05, 0) is 12.8 Å². The van der Waals surface area contributed by atoms with Gasteiger partial charge in [-0.15, -0.1) is 12.4 Å². The summed E-state index contributed by atoms with van der Waals surface area (Å²) in [7, 11) is 0. The van der Waals surface area contributed by atoms with Gasteiger partial charge in [-0.3, -0.25) is 4.79 Å². The van der Waals surface area contributed by atoms with E-state index in [-0.39, 0.29) is 31.8 Å². The van der Waals surface area contributed by atoms with Crippen LogP contribution >= 0.6 is 12.4 Å². The molecule has 2 atom stereocenters. The van der Waals surface area contributed by atoms with Crippen molar-refractivity contribution < 1.29 is 9.90 Å². The number of nitrogens with two attached hydrogens (primary N) is 1. The van der Waals surface area contributed by atoms with Crippen LogP contribution in [0.5, 0.6) is 0 Å². The molecule has 1 fully saturated rings. The van der Waals surface area contributed by atoms with Crippen molar-refractivity contribution in [3.63, 3.8) is 0 Å². The average molecular weight is 196 g/mol. The van der Waals surface area contributed by atoms with E-state index in [2.05, 4.69) is 0 Å². The predicted octanol–water partition coefficient (Wildman–Crippen LogP) is 1.65. The van der Waals surface area contributed by atoms with Crippen LogP contribution in [0.1, 0.15) is 33.1 Å². The molecule has 0 radical (unpaired) electrons. The lowest BCUT2D eigenvalue weighted by Gasteiger charge is -2.24. The van der Waals surface area contributed by atoms with Gasteiger partial charge < -0.3 is 10.8 Å². The largest absolute Gasteiger partial charge is 0.481 e. The Morgan fingerprint density at radius 1 is 1.33 bits per heavy atom. The maximum Gasteiger partial charge on any atom is 0.308 e. The molecule has 1 rings (SSSR count). The van der Waals surface area contributed by atoms with Crippen LogP contribution in [0.2, 0.25) is 0 Å². The van der Waals surface area contributed by atoms with Gasteiger partial charge in [0.2, 0.25) is 0 Å². The van der Waals surface area contributed by atoms with E-state index in [1.165, 1.54) is 0 Å². The summed E-state index contributed by atoms with van der Waals surface area (Å²) in [5.41, 5.74) is 5.60. The first-order valence-corrected chi connectivity index (χ1v) is 3.70. The summed E-state index contributed by atoms with van der Waals surface area (Å²) in [6.07, 6.45) is 3.74. The number of rotatable bonds is 1. The average Bonchev–Trinajstić information content (AvgIpc) is 1.88. The van der Waals surface area contributed by atoms with Crippen LogP contribution in [0, 0.1) is 5.92 Å². The van der Waals surface area contributed by atoms with Gasteiger partial charge in [0.05, 0.1) is 5.92 Å². The molecule has 0 bridgehead atoms. The summed E-state index contributed by atoms with van der Waals surface area (Å²) in [5, 5.41) is 8.63. The predicted molar refractivity (Wildman–Crippen MR) is 51.5 cm³/mol. The first kappa shape index (κ1) is 14.3. The zero-order valence-electron chi connectivity index (χ0n) is 6.32. The highest BCUT2D eigenvalue weighted by Gasteiger charge is 2.27. The second-order valence-electron chi connectivity index (χ2n) is 2.89. The highest BCUT2D eigenvalue weighted by molar-refractivity contribution is 5.85. The van der Waals surface area contributed by atoms with Crippen molar-refractivity contribution in [3.05, 3.63) is 0 Å². The monoisotopic (exact) mass is 195 g/mol. The number of hydrogen-bond donors (Lipinski definition) is 2. The number of hydrogen-bond acceptors (Lipinski definition) is 2. The molecule has 0 saturated heterocycles. The molecule has 4 heteroatoms. The van der Waals surface area contributed by atoms with Crippen LogP contribution < -0.4 is 5.73 Å². The lowest BCUT2D eigenvalue weighted by molar-refractivity contribution is -0.143. The van der Waals surface area contributed by atoms with Gasteiger partial charge in [-0.1, -0.05) is 20.3 Å². The van der Waals surface area contributed by atoms with Crippen molar-refractivity contribution >= 4 is 18.4 Å². The molecule has 1 aliphatic rings. The van der Waals surface area contributed by atoms with Crippen LogP contribution in [0.4, 0.5) is 0 Å². The molecule has 3 N–H and O–H groups in total. The molecule has 3 nitrogen and oxygen atoms in total.